The Balaban J connectivity index is 2.01. The minimum absolute atomic E-state index is 0.528. The van der Waals surface area contributed by atoms with Gasteiger partial charge in [-0.05, 0) is 13.3 Å². The Morgan fingerprint density at radius 3 is 2.93 bits per heavy atom. The minimum Gasteiger partial charge on any atom is -0.343 e. The van der Waals surface area contributed by atoms with Crippen molar-refractivity contribution in [3.05, 3.63) is 12.2 Å². The predicted molar refractivity (Wildman–Crippen MR) is 59.4 cm³/mol. The van der Waals surface area contributed by atoms with Crippen molar-refractivity contribution in [1.29, 1.82) is 0 Å². The van der Waals surface area contributed by atoms with Crippen molar-refractivity contribution in [3.8, 4) is 0 Å². The zero-order chi connectivity index (χ0) is 10.9. The van der Waals surface area contributed by atoms with E-state index < -0.39 is 0 Å². The number of rotatable bonds is 8. The molecule has 4 nitrogen and oxygen atoms in total. The first kappa shape index (κ1) is 12.2. The summed E-state index contributed by atoms with van der Waals surface area (Å²) in [6, 6.07) is 0.528. The average molecular weight is 211 g/mol. The highest BCUT2D eigenvalue weighted by Crippen LogP contribution is 2.05. The van der Waals surface area contributed by atoms with Crippen LogP contribution in [0.2, 0.25) is 0 Å². The largest absolute Gasteiger partial charge is 0.343 e. The Morgan fingerprint density at radius 2 is 2.27 bits per heavy atom. The van der Waals surface area contributed by atoms with Gasteiger partial charge < -0.3 is 9.84 Å². The van der Waals surface area contributed by atoms with Crippen molar-refractivity contribution in [2.24, 2.45) is 0 Å². The van der Waals surface area contributed by atoms with E-state index >= 15 is 0 Å². The molecule has 0 amide bonds. The van der Waals surface area contributed by atoms with Crippen LogP contribution in [0.5, 0.6) is 0 Å². The lowest BCUT2D eigenvalue weighted by Crippen LogP contribution is -2.25. The standard InChI is InChI=1S/C11H21N3O/c1-3-4-5-6-7-10(2)12-8-11-13-9-15-14-11/h9-10,12H,3-8H2,1-2H3. The van der Waals surface area contributed by atoms with Crippen molar-refractivity contribution in [2.45, 2.75) is 58.5 Å². The number of hydrogen-bond donors (Lipinski definition) is 1. The summed E-state index contributed by atoms with van der Waals surface area (Å²) in [4.78, 5) is 3.96. The molecule has 0 radical (unpaired) electrons. The van der Waals surface area contributed by atoms with Crippen molar-refractivity contribution < 1.29 is 4.52 Å². The molecule has 1 aromatic rings. The number of hydrogen-bond acceptors (Lipinski definition) is 4. The summed E-state index contributed by atoms with van der Waals surface area (Å²) in [6.07, 6.45) is 7.86. The molecule has 0 aliphatic heterocycles. The van der Waals surface area contributed by atoms with Gasteiger partial charge in [0.1, 0.15) is 0 Å². The van der Waals surface area contributed by atoms with Gasteiger partial charge in [-0.2, -0.15) is 4.98 Å². The van der Waals surface area contributed by atoms with Crippen LogP contribution in [0, 0.1) is 0 Å². The third-order valence-corrected chi connectivity index (χ3v) is 2.51. The van der Waals surface area contributed by atoms with E-state index in [0.29, 0.717) is 12.6 Å². The molecule has 1 N–H and O–H groups in total. The summed E-state index contributed by atoms with van der Waals surface area (Å²) in [5.41, 5.74) is 0. The van der Waals surface area contributed by atoms with Gasteiger partial charge in [0.15, 0.2) is 5.82 Å². The molecule has 0 bridgehead atoms. The fourth-order valence-corrected chi connectivity index (χ4v) is 1.52. The molecule has 0 spiro atoms. The highest BCUT2D eigenvalue weighted by Gasteiger charge is 2.03. The third kappa shape index (κ3) is 5.52. The van der Waals surface area contributed by atoms with E-state index in [2.05, 4.69) is 33.8 Å². The minimum atomic E-state index is 0.528. The van der Waals surface area contributed by atoms with E-state index in [-0.39, 0.29) is 0 Å². The molecule has 1 rings (SSSR count). The molecule has 0 aliphatic carbocycles. The van der Waals surface area contributed by atoms with Gasteiger partial charge in [-0.25, -0.2) is 0 Å². The van der Waals surface area contributed by atoms with Gasteiger partial charge in [-0.1, -0.05) is 37.8 Å². The summed E-state index contributed by atoms with van der Waals surface area (Å²) < 4.78 is 4.66. The average Bonchev–Trinajstić information content (AvgIpc) is 2.74. The zero-order valence-corrected chi connectivity index (χ0v) is 9.70. The van der Waals surface area contributed by atoms with Crippen LogP contribution in [0.25, 0.3) is 0 Å². The normalized spacial score (nSPS) is 12.9. The fraction of sp³-hybridized carbons (Fsp3) is 0.818. The van der Waals surface area contributed by atoms with Crippen LogP contribution >= 0.6 is 0 Å². The summed E-state index contributed by atoms with van der Waals surface area (Å²) in [6.45, 7) is 5.13. The maximum atomic E-state index is 4.66. The lowest BCUT2D eigenvalue weighted by atomic mass is 10.1. The zero-order valence-electron chi connectivity index (χ0n) is 9.70. The fourth-order valence-electron chi connectivity index (χ4n) is 1.52. The second-order valence-electron chi connectivity index (χ2n) is 3.98. The molecule has 1 unspecified atom stereocenters. The molecule has 4 heteroatoms. The molecule has 1 atom stereocenters. The maximum Gasteiger partial charge on any atom is 0.213 e. The van der Waals surface area contributed by atoms with Gasteiger partial charge in [0.25, 0.3) is 0 Å². The molecule has 1 aromatic heterocycles. The first-order valence-corrected chi connectivity index (χ1v) is 5.81. The van der Waals surface area contributed by atoms with E-state index in [1.165, 1.54) is 38.5 Å². The second-order valence-corrected chi connectivity index (χ2v) is 3.98. The molecule has 0 aliphatic rings. The molecule has 86 valence electrons. The van der Waals surface area contributed by atoms with Gasteiger partial charge >= 0.3 is 0 Å². The van der Waals surface area contributed by atoms with Crippen LogP contribution in [0.1, 0.15) is 51.8 Å². The number of nitrogens with one attached hydrogen (secondary N) is 1. The van der Waals surface area contributed by atoms with Crippen molar-refractivity contribution in [2.75, 3.05) is 0 Å². The van der Waals surface area contributed by atoms with Crippen molar-refractivity contribution in [3.63, 3.8) is 0 Å². The molecule has 0 fully saturated rings. The molecule has 0 saturated heterocycles. The molecule has 1 heterocycles. The SMILES string of the molecule is CCCCCCC(C)NCc1ncon1. The van der Waals surface area contributed by atoms with E-state index in [9.17, 15) is 0 Å². The van der Waals surface area contributed by atoms with Crippen LogP contribution in [0.15, 0.2) is 10.9 Å². The van der Waals surface area contributed by atoms with Crippen molar-refractivity contribution in [1.82, 2.24) is 15.5 Å². The molecule has 15 heavy (non-hydrogen) atoms. The summed E-state index contributed by atoms with van der Waals surface area (Å²) in [5.74, 6) is 0.732. The molecular formula is C11H21N3O. The lowest BCUT2D eigenvalue weighted by molar-refractivity contribution is 0.402. The Kier molecular flexibility index (Phi) is 6.00. The third-order valence-electron chi connectivity index (χ3n) is 2.51. The molecule has 0 saturated carbocycles. The van der Waals surface area contributed by atoms with E-state index in [4.69, 9.17) is 0 Å². The van der Waals surface area contributed by atoms with E-state index in [0.717, 1.165) is 5.82 Å². The Hall–Kier alpha value is -0.900. The van der Waals surface area contributed by atoms with Gasteiger partial charge in [-0.3, -0.25) is 0 Å². The number of nitrogens with zero attached hydrogens (tertiary/aromatic N) is 2. The summed E-state index contributed by atoms with van der Waals surface area (Å²) in [7, 11) is 0. The topological polar surface area (TPSA) is 51.0 Å². The van der Waals surface area contributed by atoms with Crippen LogP contribution < -0.4 is 5.32 Å². The van der Waals surface area contributed by atoms with Crippen LogP contribution in [-0.4, -0.2) is 16.2 Å². The lowest BCUT2D eigenvalue weighted by Gasteiger charge is -2.11. The van der Waals surface area contributed by atoms with Gasteiger partial charge in [0.05, 0.1) is 6.54 Å². The maximum absolute atomic E-state index is 4.66. The van der Waals surface area contributed by atoms with Crippen LogP contribution in [-0.2, 0) is 6.54 Å². The van der Waals surface area contributed by atoms with Crippen molar-refractivity contribution >= 4 is 0 Å². The Labute approximate surface area is 91.5 Å². The predicted octanol–water partition coefficient (Wildman–Crippen LogP) is 2.52. The van der Waals surface area contributed by atoms with E-state index in [1.807, 2.05) is 0 Å². The van der Waals surface area contributed by atoms with Crippen LogP contribution in [0.4, 0.5) is 0 Å². The van der Waals surface area contributed by atoms with Gasteiger partial charge in [0.2, 0.25) is 6.39 Å². The van der Waals surface area contributed by atoms with Gasteiger partial charge in [-0.15, -0.1) is 0 Å². The quantitative estimate of drug-likeness (QED) is 0.671. The Morgan fingerprint density at radius 1 is 1.40 bits per heavy atom. The second kappa shape index (κ2) is 7.40. The van der Waals surface area contributed by atoms with Gasteiger partial charge in [0, 0.05) is 6.04 Å². The molecular weight excluding hydrogens is 190 g/mol. The smallest absolute Gasteiger partial charge is 0.213 e. The highest BCUT2D eigenvalue weighted by atomic mass is 16.5. The Bertz CT molecular complexity index is 236. The van der Waals surface area contributed by atoms with E-state index in [1.54, 1.807) is 0 Å². The first-order valence-electron chi connectivity index (χ1n) is 5.81. The monoisotopic (exact) mass is 211 g/mol. The molecule has 0 aromatic carbocycles. The first-order chi connectivity index (χ1) is 7.33. The number of unbranched alkanes of at least 4 members (excludes halogenated alkanes) is 3. The highest BCUT2D eigenvalue weighted by molar-refractivity contribution is 4.77. The van der Waals surface area contributed by atoms with Crippen LogP contribution in [0.3, 0.4) is 0 Å². The number of aromatic nitrogens is 2. The summed E-state index contributed by atoms with van der Waals surface area (Å²) in [5, 5.41) is 7.13. The summed E-state index contributed by atoms with van der Waals surface area (Å²) >= 11 is 0.